The van der Waals surface area contributed by atoms with Crippen LogP contribution in [0.1, 0.15) is 17.5 Å². The third-order valence-corrected chi connectivity index (χ3v) is 4.59. The first kappa shape index (κ1) is 16.0. The molecule has 0 aliphatic carbocycles. The standard InChI is InChI=1S/C16H18BrNO2S/c1-12-4-3-5-14(8-12)20-7-6-16(19)18(2)10-13-9-15(17)21-11-13/h3-5,8-9,11H,6-7,10H2,1-2H3. The van der Waals surface area contributed by atoms with Gasteiger partial charge >= 0.3 is 0 Å². The normalized spacial score (nSPS) is 10.4. The molecule has 0 N–H and O–H groups in total. The average Bonchev–Trinajstić information content (AvgIpc) is 2.84. The lowest BCUT2D eigenvalue weighted by Gasteiger charge is -2.16. The van der Waals surface area contributed by atoms with Gasteiger partial charge in [-0.3, -0.25) is 4.79 Å². The summed E-state index contributed by atoms with van der Waals surface area (Å²) in [5, 5.41) is 2.05. The van der Waals surface area contributed by atoms with Gasteiger partial charge in [0.15, 0.2) is 0 Å². The van der Waals surface area contributed by atoms with E-state index in [-0.39, 0.29) is 5.91 Å². The molecule has 1 heterocycles. The van der Waals surface area contributed by atoms with Gasteiger partial charge in [-0.05, 0) is 57.6 Å². The van der Waals surface area contributed by atoms with Gasteiger partial charge in [-0.25, -0.2) is 0 Å². The van der Waals surface area contributed by atoms with E-state index in [1.807, 2.05) is 44.3 Å². The van der Waals surface area contributed by atoms with Gasteiger partial charge in [0.2, 0.25) is 5.91 Å². The fourth-order valence-electron chi connectivity index (χ4n) is 1.94. The van der Waals surface area contributed by atoms with Gasteiger partial charge in [-0.15, -0.1) is 11.3 Å². The van der Waals surface area contributed by atoms with Gasteiger partial charge in [0.1, 0.15) is 5.75 Å². The predicted molar refractivity (Wildman–Crippen MR) is 89.8 cm³/mol. The van der Waals surface area contributed by atoms with Gasteiger partial charge in [-0.2, -0.15) is 0 Å². The third-order valence-electron chi connectivity index (χ3n) is 3.04. The number of thiophene rings is 1. The van der Waals surface area contributed by atoms with Crippen molar-refractivity contribution < 1.29 is 9.53 Å². The number of aryl methyl sites for hydroxylation is 1. The van der Waals surface area contributed by atoms with Crippen molar-refractivity contribution in [2.75, 3.05) is 13.7 Å². The maximum atomic E-state index is 12.0. The van der Waals surface area contributed by atoms with Crippen molar-refractivity contribution in [3.05, 3.63) is 50.6 Å². The Morgan fingerprint density at radius 3 is 2.86 bits per heavy atom. The van der Waals surface area contributed by atoms with E-state index in [4.69, 9.17) is 4.74 Å². The van der Waals surface area contributed by atoms with Gasteiger partial charge in [0.25, 0.3) is 0 Å². The highest BCUT2D eigenvalue weighted by atomic mass is 79.9. The van der Waals surface area contributed by atoms with Crippen LogP contribution in [0.2, 0.25) is 0 Å². The monoisotopic (exact) mass is 367 g/mol. The van der Waals surface area contributed by atoms with Crippen LogP contribution in [0.4, 0.5) is 0 Å². The molecule has 0 fully saturated rings. The van der Waals surface area contributed by atoms with Crippen LogP contribution < -0.4 is 4.74 Å². The molecule has 2 aromatic rings. The first-order valence-corrected chi connectivity index (χ1v) is 8.38. The SMILES string of the molecule is Cc1cccc(OCCC(=O)N(C)Cc2csc(Br)c2)c1. The van der Waals surface area contributed by atoms with E-state index in [0.717, 1.165) is 20.7 Å². The summed E-state index contributed by atoms with van der Waals surface area (Å²) in [7, 11) is 1.82. The highest BCUT2D eigenvalue weighted by Gasteiger charge is 2.10. The molecule has 3 nitrogen and oxygen atoms in total. The van der Waals surface area contributed by atoms with E-state index in [9.17, 15) is 4.79 Å². The first-order valence-electron chi connectivity index (χ1n) is 6.71. The molecule has 1 aromatic heterocycles. The Hall–Kier alpha value is -1.33. The number of amides is 1. The number of rotatable bonds is 6. The Bertz CT molecular complexity index is 612. The van der Waals surface area contributed by atoms with Gasteiger partial charge in [-0.1, -0.05) is 12.1 Å². The molecule has 112 valence electrons. The first-order chi connectivity index (χ1) is 10.0. The summed E-state index contributed by atoms with van der Waals surface area (Å²) in [6.45, 7) is 3.05. The highest BCUT2D eigenvalue weighted by Crippen LogP contribution is 2.21. The van der Waals surface area contributed by atoms with Crippen molar-refractivity contribution in [1.82, 2.24) is 4.90 Å². The summed E-state index contributed by atoms with van der Waals surface area (Å²) in [5.74, 6) is 0.900. The summed E-state index contributed by atoms with van der Waals surface area (Å²) in [6, 6.07) is 9.89. The Labute approximate surface area is 137 Å². The second kappa shape index (κ2) is 7.61. The summed E-state index contributed by atoms with van der Waals surface area (Å²) < 4.78 is 6.69. The number of benzene rings is 1. The number of nitrogens with zero attached hydrogens (tertiary/aromatic N) is 1. The smallest absolute Gasteiger partial charge is 0.226 e. The van der Waals surface area contributed by atoms with Gasteiger partial charge < -0.3 is 9.64 Å². The molecule has 0 aliphatic rings. The summed E-state index contributed by atoms with van der Waals surface area (Å²) >= 11 is 5.06. The van der Waals surface area contributed by atoms with Crippen LogP contribution in [-0.2, 0) is 11.3 Å². The number of ether oxygens (including phenoxy) is 1. The van der Waals surface area contributed by atoms with Gasteiger partial charge in [0, 0.05) is 13.6 Å². The van der Waals surface area contributed by atoms with Crippen molar-refractivity contribution in [3.8, 4) is 5.75 Å². The van der Waals surface area contributed by atoms with E-state index < -0.39 is 0 Å². The molecule has 0 bridgehead atoms. The Morgan fingerprint density at radius 1 is 1.38 bits per heavy atom. The second-order valence-electron chi connectivity index (χ2n) is 4.92. The second-order valence-corrected chi connectivity index (χ2v) is 7.21. The predicted octanol–water partition coefficient (Wildman–Crippen LogP) is 4.25. The number of hydrogen-bond acceptors (Lipinski definition) is 3. The zero-order valence-electron chi connectivity index (χ0n) is 12.1. The minimum Gasteiger partial charge on any atom is -0.493 e. The molecule has 0 saturated carbocycles. The highest BCUT2D eigenvalue weighted by molar-refractivity contribution is 9.11. The molecule has 2 rings (SSSR count). The maximum Gasteiger partial charge on any atom is 0.226 e. The van der Waals surface area contributed by atoms with E-state index in [1.54, 1.807) is 16.2 Å². The lowest BCUT2D eigenvalue weighted by Crippen LogP contribution is -2.27. The summed E-state index contributed by atoms with van der Waals surface area (Å²) in [5.41, 5.74) is 2.29. The zero-order chi connectivity index (χ0) is 15.2. The van der Waals surface area contributed by atoms with Crippen molar-refractivity contribution in [3.63, 3.8) is 0 Å². The van der Waals surface area contributed by atoms with E-state index >= 15 is 0 Å². The molecular formula is C16H18BrNO2S. The topological polar surface area (TPSA) is 29.5 Å². The molecule has 21 heavy (non-hydrogen) atoms. The number of carbonyl (C=O) groups is 1. The number of hydrogen-bond donors (Lipinski definition) is 0. The number of halogens is 1. The minimum absolute atomic E-state index is 0.0879. The fourth-order valence-corrected chi connectivity index (χ4v) is 3.14. The number of carbonyl (C=O) groups excluding carboxylic acids is 1. The largest absolute Gasteiger partial charge is 0.493 e. The minimum atomic E-state index is 0.0879. The third kappa shape index (κ3) is 5.17. The molecule has 0 atom stereocenters. The summed E-state index contributed by atoms with van der Waals surface area (Å²) in [6.07, 6.45) is 0.385. The van der Waals surface area contributed by atoms with Crippen LogP contribution in [0.5, 0.6) is 5.75 Å². The average molecular weight is 368 g/mol. The Kier molecular flexibility index (Phi) is 5.82. The zero-order valence-corrected chi connectivity index (χ0v) is 14.5. The quantitative estimate of drug-likeness (QED) is 0.763. The molecule has 5 heteroatoms. The lowest BCUT2D eigenvalue weighted by atomic mass is 10.2. The Balaban J connectivity index is 1.76. The van der Waals surface area contributed by atoms with Crippen LogP contribution in [-0.4, -0.2) is 24.5 Å². The van der Waals surface area contributed by atoms with E-state index in [0.29, 0.717) is 19.6 Å². The van der Waals surface area contributed by atoms with Crippen LogP contribution in [0, 0.1) is 6.92 Å². The van der Waals surface area contributed by atoms with Crippen molar-refractivity contribution in [2.24, 2.45) is 0 Å². The van der Waals surface area contributed by atoms with E-state index in [2.05, 4.69) is 21.3 Å². The molecule has 0 unspecified atom stereocenters. The molecule has 1 amide bonds. The Morgan fingerprint density at radius 2 is 2.19 bits per heavy atom. The fraction of sp³-hybridized carbons (Fsp3) is 0.312. The van der Waals surface area contributed by atoms with Crippen molar-refractivity contribution in [1.29, 1.82) is 0 Å². The van der Waals surface area contributed by atoms with Crippen LogP contribution in [0.15, 0.2) is 39.5 Å². The van der Waals surface area contributed by atoms with Crippen LogP contribution >= 0.6 is 27.3 Å². The maximum absolute atomic E-state index is 12.0. The molecule has 0 radical (unpaired) electrons. The molecule has 0 spiro atoms. The molecule has 1 aromatic carbocycles. The van der Waals surface area contributed by atoms with E-state index in [1.165, 1.54) is 0 Å². The molecular weight excluding hydrogens is 350 g/mol. The summed E-state index contributed by atoms with van der Waals surface area (Å²) in [4.78, 5) is 13.8. The molecule has 0 saturated heterocycles. The van der Waals surface area contributed by atoms with Crippen LogP contribution in [0.25, 0.3) is 0 Å². The van der Waals surface area contributed by atoms with Crippen molar-refractivity contribution in [2.45, 2.75) is 19.9 Å². The lowest BCUT2D eigenvalue weighted by molar-refractivity contribution is -0.130. The van der Waals surface area contributed by atoms with Crippen molar-refractivity contribution >= 4 is 33.2 Å². The van der Waals surface area contributed by atoms with Gasteiger partial charge in [0.05, 0.1) is 16.8 Å². The van der Waals surface area contributed by atoms with Crippen LogP contribution in [0.3, 0.4) is 0 Å². The molecule has 0 aliphatic heterocycles.